The van der Waals surface area contributed by atoms with Crippen LogP contribution >= 0.6 is 15.9 Å². The van der Waals surface area contributed by atoms with Crippen LogP contribution in [-0.2, 0) is 6.54 Å². The highest BCUT2D eigenvalue weighted by atomic mass is 79.9. The normalized spacial score (nSPS) is 10.4. The predicted octanol–water partition coefficient (Wildman–Crippen LogP) is 4.47. The van der Waals surface area contributed by atoms with Crippen molar-refractivity contribution in [1.29, 1.82) is 0 Å². The summed E-state index contributed by atoms with van der Waals surface area (Å²) in [5.41, 5.74) is 3.36. The number of aromatic nitrogens is 1. The third-order valence-electron chi connectivity index (χ3n) is 3.03. The topological polar surface area (TPSA) is 34.1 Å². The molecule has 0 spiro atoms. The first-order valence-electron chi connectivity index (χ1n) is 6.69. The first-order valence-corrected chi connectivity index (χ1v) is 7.48. The van der Waals surface area contributed by atoms with Crippen LogP contribution in [0.1, 0.15) is 23.7 Å². The Morgan fingerprint density at radius 3 is 2.65 bits per heavy atom. The number of ether oxygens (including phenoxy) is 1. The molecule has 2 rings (SSSR count). The van der Waals surface area contributed by atoms with Crippen molar-refractivity contribution in [2.75, 3.05) is 11.9 Å². The first-order chi connectivity index (χ1) is 9.60. The molecule has 1 aromatic carbocycles. The van der Waals surface area contributed by atoms with Crippen LogP contribution in [0.15, 0.2) is 34.8 Å². The van der Waals surface area contributed by atoms with E-state index in [9.17, 15) is 0 Å². The Kier molecular flexibility index (Phi) is 5.01. The van der Waals surface area contributed by atoms with Crippen molar-refractivity contribution in [3.05, 3.63) is 51.6 Å². The molecule has 3 nitrogen and oxygen atoms in total. The zero-order valence-corrected chi connectivity index (χ0v) is 13.6. The molecule has 0 aliphatic rings. The molecule has 0 fully saturated rings. The molecular weight excluding hydrogens is 316 g/mol. The van der Waals surface area contributed by atoms with Crippen LogP contribution in [0.4, 0.5) is 5.82 Å². The van der Waals surface area contributed by atoms with Gasteiger partial charge in [-0.05, 0) is 66.0 Å². The molecule has 0 amide bonds. The SMILES string of the molecule is CCOc1ccc(CNc2ccc(Br)c(C)n2)cc1C. The molecule has 0 unspecified atom stereocenters. The Balaban J connectivity index is 2.03. The predicted molar refractivity (Wildman–Crippen MR) is 86.3 cm³/mol. The minimum atomic E-state index is 0.695. The molecule has 2 aromatic rings. The van der Waals surface area contributed by atoms with Gasteiger partial charge in [-0.2, -0.15) is 0 Å². The highest BCUT2D eigenvalue weighted by molar-refractivity contribution is 9.10. The molecule has 0 saturated heterocycles. The summed E-state index contributed by atoms with van der Waals surface area (Å²) < 4.78 is 6.57. The lowest BCUT2D eigenvalue weighted by molar-refractivity contribution is 0.338. The van der Waals surface area contributed by atoms with E-state index in [-0.39, 0.29) is 0 Å². The average molecular weight is 335 g/mol. The van der Waals surface area contributed by atoms with Gasteiger partial charge in [-0.1, -0.05) is 12.1 Å². The second kappa shape index (κ2) is 6.75. The summed E-state index contributed by atoms with van der Waals surface area (Å²) in [6.45, 7) is 7.49. The fourth-order valence-electron chi connectivity index (χ4n) is 1.97. The lowest BCUT2D eigenvalue weighted by Gasteiger charge is -2.11. The van der Waals surface area contributed by atoms with Gasteiger partial charge < -0.3 is 10.1 Å². The minimum Gasteiger partial charge on any atom is -0.494 e. The summed E-state index contributed by atoms with van der Waals surface area (Å²) in [6, 6.07) is 10.2. The Labute approximate surface area is 128 Å². The molecule has 0 aliphatic carbocycles. The lowest BCUT2D eigenvalue weighted by Crippen LogP contribution is -2.03. The van der Waals surface area contributed by atoms with E-state index >= 15 is 0 Å². The van der Waals surface area contributed by atoms with Crippen LogP contribution in [0, 0.1) is 13.8 Å². The van der Waals surface area contributed by atoms with E-state index in [1.165, 1.54) is 5.56 Å². The van der Waals surface area contributed by atoms with Crippen molar-refractivity contribution in [1.82, 2.24) is 4.98 Å². The maximum atomic E-state index is 5.55. The van der Waals surface area contributed by atoms with Gasteiger partial charge in [-0.3, -0.25) is 0 Å². The van der Waals surface area contributed by atoms with E-state index < -0.39 is 0 Å². The van der Waals surface area contributed by atoms with Crippen molar-refractivity contribution < 1.29 is 4.74 Å². The molecule has 4 heteroatoms. The van der Waals surface area contributed by atoms with Gasteiger partial charge in [0, 0.05) is 11.0 Å². The molecule has 1 N–H and O–H groups in total. The number of rotatable bonds is 5. The second-order valence-electron chi connectivity index (χ2n) is 4.65. The number of anilines is 1. The average Bonchev–Trinajstić information content (AvgIpc) is 2.43. The summed E-state index contributed by atoms with van der Waals surface area (Å²) in [6.07, 6.45) is 0. The fourth-order valence-corrected chi connectivity index (χ4v) is 2.19. The quantitative estimate of drug-likeness (QED) is 0.875. The van der Waals surface area contributed by atoms with Gasteiger partial charge in [0.15, 0.2) is 0 Å². The van der Waals surface area contributed by atoms with Crippen LogP contribution in [0.5, 0.6) is 5.75 Å². The zero-order valence-electron chi connectivity index (χ0n) is 12.0. The van der Waals surface area contributed by atoms with Crippen molar-refractivity contribution in [3.8, 4) is 5.75 Å². The Morgan fingerprint density at radius 1 is 1.20 bits per heavy atom. The van der Waals surface area contributed by atoms with Gasteiger partial charge in [0.25, 0.3) is 0 Å². The lowest BCUT2D eigenvalue weighted by atomic mass is 10.1. The van der Waals surface area contributed by atoms with Crippen molar-refractivity contribution in [3.63, 3.8) is 0 Å². The van der Waals surface area contributed by atoms with E-state index in [4.69, 9.17) is 4.74 Å². The number of aryl methyl sites for hydroxylation is 2. The first kappa shape index (κ1) is 14.9. The smallest absolute Gasteiger partial charge is 0.126 e. The summed E-state index contributed by atoms with van der Waals surface area (Å²) in [7, 11) is 0. The van der Waals surface area contributed by atoms with Gasteiger partial charge in [-0.25, -0.2) is 4.98 Å². The third-order valence-corrected chi connectivity index (χ3v) is 3.87. The third kappa shape index (κ3) is 3.73. The summed E-state index contributed by atoms with van der Waals surface area (Å²) >= 11 is 3.45. The molecule has 0 bridgehead atoms. The zero-order chi connectivity index (χ0) is 14.5. The van der Waals surface area contributed by atoms with Crippen LogP contribution in [-0.4, -0.2) is 11.6 Å². The summed E-state index contributed by atoms with van der Waals surface area (Å²) in [4.78, 5) is 4.47. The molecule has 1 heterocycles. The number of halogens is 1. The Bertz CT molecular complexity index is 599. The van der Waals surface area contributed by atoms with E-state index in [0.29, 0.717) is 6.61 Å². The maximum absolute atomic E-state index is 5.55. The van der Waals surface area contributed by atoms with Crippen LogP contribution < -0.4 is 10.1 Å². The van der Waals surface area contributed by atoms with Gasteiger partial charge in [0.1, 0.15) is 11.6 Å². The van der Waals surface area contributed by atoms with Crippen LogP contribution in [0.2, 0.25) is 0 Å². The van der Waals surface area contributed by atoms with Gasteiger partial charge in [0.2, 0.25) is 0 Å². The summed E-state index contributed by atoms with van der Waals surface area (Å²) in [5.74, 6) is 1.84. The monoisotopic (exact) mass is 334 g/mol. The molecule has 0 saturated carbocycles. The van der Waals surface area contributed by atoms with Gasteiger partial charge >= 0.3 is 0 Å². The van der Waals surface area contributed by atoms with Crippen molar-refractivity contribution in [2.45, 2.75) is 27.3 Å². The molecule has 0 atom stereocenters. The fraction of sp³-hybridized carbons (Fsp3) is 0.312. The number of hydrogen-bond acceptors (Lipinski definition) is 3. The maximum Gasteiger partial charge on any atom is 0.126 e. The molecule has 0 aliphatic heterocycles. The molecular formula is C16H19BrN2O. The largest absolute Gasteiger partial charge is 0.494 e. The van der Waals surface area contributed by atoms with E-state index in [1.54, 1.807) is 0 Å². The van der Waals surface area contributed by atoms with E-state index in [0.717, 1.165) is 33.8 Å². The highest BCUT2D eigenvalue weighted by Gasteiger charge is 2.02. The number of pyridine rings is 1. The van der Waals surface area contributed by atoms with Crippen LogP contribution in [0.3, 0.4) is 0 Å². The molecule has 20 heavy (non-hydrogen) atoms. The van der Waals surface area contributed by atoms with E-state index in [2.05, 4.69) is 45.3 Å². The Morgan fingerprint density at radius 2 is 2.00 bits per heavy atom. The molecule has 106 valence electrons. The van der Waals surface area contributed by atoms with Crippen molar-refractivity contribution >= 4 is 21.7 Å². The highest BCUT2D eigenvalue weighted by Crippen LogP contribution is 2.20. The second-order valence-corrected chi connectivity index (χ2v) is 5.50. The summed E-state index contributed by atoms with van der Waals surface area (Å²) in [5, 5.41) is 3.33. The standard InChI is InChI=1S/C16H19BrN2O/c1-4-20-15-7-5-13(9-11(15)2)10-18-16-8-6-14(17)12(3)19-16/h5-9H,4,10H2,1-3H3,(H,18,19). The number of nitrogens with one attached hydrogen (secondary N) is 1. The Hall–Kier alpha value is -1.55. The number of hydrogen-bond donors (Lipinski definition) is 1. The van der Waals surface area contributed by atoms with Crippen molar-refractivity contribution in [2.24, 2.45) is 0 Å². The number of benzene rings is 1. The molecule has 0 radical (unpaired) electrons. The van der Waals surface area contributed by atoms with Gasteiger partial charge in [0.05, 0.1) is 12.3 Å². The van der Waals surface area contributed by atoms with E-state index in [1.807, 2.05) is 32.0 Å². The molecule has 1 aromatic heterocycles. The number of nitrogens with zero attached hydrogens (tertiary/aromatic N) is 1. The van der Waals surface area contributed by atoms with Crippen LogP contribution in [0.25, 0.3) is 0 Å². The van der Waals surface area contributed by atoms with Gasteiger partial charge in [-0.15, -0.1) is 0 Å². The minimum absolute atomic E-state index is 0.695.